The molecule has 0 spiro atoms. The van der Waals surface area contributed by atoms with Crippen molar-refractivity contribution in [1.82, 2.24) is 29.9 Å². The predicted octanol–water partition coefficient (Wildman–Crippen LogP) is 9.56. The first-order valence-electron chi connectivity index (χ1n) is 17.7. The fourth-order valence-electron chi connectivity index (χ4n) is 7.40. The molecule has 0 radical (unpaired) electrons. The molecule has 7 rings (SSSR count). The molecule has 5 aromatic rings. The summed E-state index contributed by atoms with van der Waals surface area (Å²) >= 11 is 6.51. The summed E-state index contributed by atoms with van der Waals surface area (Å²) < 4.78 is 145. The number of rotatable bonds is 9. The van der Waals surface area contributed by atoms with E-state index in [2.05, 4.69) is 37.7 Å². The van der Waals surface area contributed by atoms with Crippen LogP contribution in [-0.4, -0.2) is 43.7 Å². The SMILES string of the molecule is CNc1nn(CC(F)(F)F)c2c(-c3ccc(C#CC(C)(C)C)nc3[C@H](Cc3cc(F)cc(F)c3)NC(=O)Cn3nc(C(F)(F)F)c4c3C(F)(F)[C@@H]3CC43)ccc(Cl)c12. The lowest BCUT2D eigenvalue weighted by Crippen LogP contribution is -2.35. The van der Waals surface area contributed by atoms with E-state index in [9.17, 15) is 39.9 Å². The third kappa shape index (κ3) is 7.92. The monoisotopic (exact) mass is 839 g/mol. The van der Waals surface area contributed by atoms with Crippen molar-refractivity contribution in [2.45, 2.75) is 76.9 Å². The molecule has 3 aromatic heterocycles. The van der Waals surface area contributed by atoms with Crippen molar-refractivity contribution >= 4 is 34.2 Å². The number of fused-ring (bicyclic) bond motifs is 4. The minimum Gasteiger partial charge on any atom is -0.371 e. The molecular weight excluding hydrogens is 808 g/mol. The highest BCUT2D eigenvalue weighted by Gasteiger charge is 2.68. The summed E-state index contributed by atoms with van der Waals surface area (Å²) in [6, 6.07) is 6.73. The van der Waals surface area contributed by atoms with Crippen LogP contribution in [0.4, 0.5) is 49.7 Å². The van der Waals surface area contributed by atoms with Crippen LogP contribution in [0.15, 0.2) is 42.5 Å². The van der Waals surface area contributed by atoms with E-state index in [1.54, 1.807) is 0 Å². The predicted molar refractivity (Wildman–Crippen MR) is 193 cm³/mol. The molecule has 3 atom stereocenters. The Morgan fingerprint density at radius 1 is 0.983 bits per heavy atom. The van der Waals surface area contributed by atoms with E-state index < -0.39 is 95.6 Å². The Morgan fingerprint density at radius 3 is 2.28 bits per heavy atom. The summed E-state index contributed by atoms with van der Waals surface area (Å²) in [5, 5.41) is 12.9. The minimum absolute atomic E-state index is 0.00668. The molecule has 0 bridgehead atoms. The zero-order valence-corrected chi connectivity index (χ0v) is 31.7. The first-order valence-corrected chi connectivity index (χ1v) is 18.1. The average Bonchev–Trinajstić information content (AvgIpc) is 3.61. The standard InChI is InChI=1S/C39H32ClF10N7O/c1-36(2,3)10-9-21-5-6-22(23-7-8-26(40)30-32(23)57(17-37(43,44)45)55-35(30)51-4)31(52-21)27(13-18-11-19(41)14-20(42)12-18)53-28(58)16-56-34-29(33(54-56)39(48,49)50)24-15-25(24)38(34,46)47/h5-8,11-12,14,24-25,27H,13,15-17H2,1-4H3,(H,51,55)(H,53,58)/t24?,25-,27+/m1/s1. The highest BCUT2D eigenvalue weighted by molar-refractivity contribution is 6.37. The zero-order chi connectivity index (χ0) is 42.3. The first kappa shape index (κ1) is 40.9. The van der Waals surface area contributed by atoms with Gasteiger partial charge < -0.3 is 10.6 Å². The number of carbonyl (C=O) groups excluding carboxylic acids is 1. The molecule has 2 aliphatic rings. The van der Waals surface area contributed by atoms with E-state index in [0.717, 1.165) is 12.1 Å². The lowest BCUT2D eigenvalue weighted by atomic mass is 9.93. The van der Waals surface area contributed by atoms with Crippen LogP contribution in [-0.2, 0) is 36.4 Å². The van der Waals surface area contributed by atoms with Crippen LogP contribution in [0.2, 0.25) is 5.02 Å². The lowest BCUT2D eigenvalue weighted by molar-refractivity contribution is -0.142. The number of nitrogens with one attached hydrogen (secondary N) is 2. The highest BCUT2D eigenvalue weighted by Crippen LogP contribution is 2.68. The van der Waals surface area contributed by atoms with Crippen LogP contribution < -0.4 is 10.6 Å². The quantitative estimate of drug-likeness (QED) is 0.114. The van der Waals surface area contributed by atoms with Gasteiger partial charge in [-0.15, -0.1) is 0 Å². The molecular formula is C39H32ClF10N7O. The topological polar surface area (TPSA) is 89.7 Å². The van der Waals surface area contributed by atoms with Gasteiger partial charge in [0, 0.05) is 41.1 Å². The molecule has 1 fully saturated rings. The number of carbonyl (C=O) groups is 1. The van der Waals surface area contributed by atoms with E-state index in [1.807, 2.05) is 20.8 Å². The summed E-state index contributed by atoms with van der Waals surface area (Å²) in [6.07, 6.45) is -10.5. The Kier molecular flexibility index (Phi) is 10.0. The van der Waals surface area contributed by atoms with Gasteiger partial charge in [0.05, 0.1) is 27.7 Å². The van der Waals surface area contributed by atoms with Gasteiger partial charge in [-0.3, -0.25) is 14.2 Å². The zero-order valence-electron chi connectivity index (χ0n) is 30.9. The number of benzene rings is 2. The summed E-state index contributed by atoms with van der Waals surface area (Å²) in [5.74, 6) is -3.41. The molecule has 19 heteroatoms. The molecule has 306 valence electrons. The van der Waals surface area contributed by atoms with Gasteiger partial charge >= 0.3 is 12.4 Å². The molecule has 2 N–H and O–H groups in total. The van der Waals surface area contributed by atoms with Crippen LogP contribution >= 0.6 is 11.6 Å². The van der Waals surface area contributed by atoms with Gasteiger partial charge in [0.15, 0.2) is 11.5 Å². The molecule has 0 aliphatic heterocycles. The number of anilines is 1. The molecule has 3 heterocycles. The highest BCUT2D eigenvalue weighted by atomic mass is 35.5. The van der Waals surface area contributed by atoms with Gasteiger partial charge in [-0.2, -0.15) is 45.3 Å². The van der Waals surface area contributed by atoms with Gasteiger partial charge in [-0.1, -0.05) is 23.6 Å². The van der Waals surface area contributed by atoms with Crippen molar-refractivity contribution in [2.75, 3.05) is 12.4 Å². The van der Waals surface area contributed by atoms with Crippen molar-refractivity contribution < 1.29 is 48.7 Å². The number of alkyl halides is 8. The third-order valence-electron chi connectivity index (χ3n) is 9.71. The van der Waals surface area contributed by atoms with Gasteiger partial charge in [-0.25, -0.2) is 13.8 Å². The normalized spacial score (nSPS) is 17.7. The number of hydrogen-bond donors (Lipinski definition) is 2. The molecule has 8 nitrogen and oxygen atoms in total. The maximum atomic E-state index is 15.4. The van der Waals surface area contributed by atoms with Gasteiger partial charge in [0.1, 0.15) is 36.1 Å². The molecule has 58 heavy (non-hydrogen) atoms. The summed E-state index contributed by atoms with van der Waals surface area (Å²) in [4.78, 5) is 18.6. The number of pyridine rings is 1. The average molecular weight is 840 g/mol. The van der Waals surface area contributed by atoms with E-state index in [0.29, 0.717) is 15.4 Å². The minimum atomic E-state index is -5.10. The second-order valence-corrected chi connectivity index (χ2v) is 15.7. The van der Waals surface area contributed by atoms with Crippen molar-refractivity contribution in [3.63, 3.8) is 0 Å². The molecule has 1 unspecified atom stereocenters. The Morgan fingerprint density at radius 2 is 1.66 bits per heavy atom. The van der Waals surface area contributed by atoms with Gasteiger partial charge in [0.2, 0.25) is 5.91 Å². The number of amides is 1. The van der Waals surface area contributed by atoms with Gasteiger partial charge in [-0.05, 0) is 81.3 Å². The Bertz CT molecular complexity index is 2500. The van der Waals surface area contributed by atoms with Crippen LogP contribution in [0, 0.1) is 34.8 Å². The third-order valence-corrected chi connectivity index (χ3v) is 10.0. The van der Waals surface area contributed by atoms with Gasteiger partial charge in [0.25, 0.3) is 5.92 Å². The molecule has 1 saturated carbocycles. The molecule has 0 saturated heterocycles. The lowest BCUT2D eigenvalue weighted by Gasteiger charge is -2.23. The first-order chi connectivity index (χ1) is 26.9. The van der Waals surface area contributed by atoms with Crippen molar-refractivity contribution in [1.29, 1.82) is 0 Å². The Labute approximate surface area is 328 Å². The fourth-order valence-corrected chi connectivity index (χ4v) is 7.64. The van der Waals surface area contributed by atoms with Crippen LogP contribution in [0.3, 0.4) is 0 Å². The summed E-state index contributed by atoms with van der Waals surface area (Å²) in [7, 11) is 1.42. The second-order valence-electron chi connectivity index (χ2n) is 15.3. The van der Waals surface area contributed by atoms with Crippen LogP contribution in [0.1, 0.15) is 73.1 Å². The van der Waals surface area contributed by atoms with Crippen molar-refractivity contribution in [2.24, 2.45) is 11.3 Å². The van der Waals surface area contributed by atoms with E-state index in [-0.39, 0.29) is 56.2 Å². The largest absolute Gasteiger partial charge is 0.435 e. The van der Waals surface area contributed by atoms with Crippen LogP contribution in [0.25, 0.3) is 22.0 Å². The maximum Gasteiger partial charge on any atom is 0.435 e. The smallest absolute Gasteiger partial charge is 0.371 e. The van der Waals surface area contributed by atoms with Crippen LogP contribution in [0.5, 0.6) is 0 Å². The number of hydrogen-bond acceptors (Lipinski definition) is 5. The van der Waals surface area contributed by atoms with E-state index in [4.69, 9.17) is 11.6 Å². The molecule has 1 amide bonds. The maximum absolute atomic E-state index is 15.4. The molecule has 2 aliphatic carbocycles. The van der Waals surface area contributed by atoms with E-state index in [1.165, 1.54) is 31.3 Å². The number of aromatic nitrogens is 5. The number of nitrogens with zero attached hydrogens (tertiary/aromatic N) is 5. The van der Waals surface area contributed by atoms with Crippen molar-refractivity contribution in [3.05, 3.63) is 93.0 Å². The number of halogens is 11. The summed E-state index contributed by atoms with van der Waals surface area (Å²) in [5.41, 5.74) is -3.80. The Hall–Kier alpha value is -5.31. The summed E-state index contributed by atoms with van der Waals surface area (Å²) in [6.45, 7) is 2.75. The second kappa shape index (κ2) is 14.2. The van der Waals surface area contributed by atoms with Crippen molar-refractivity contribution in [3.8, 4) is 23.0 Å². The van der Waals surface area contributed by atoms with E-state index >= 15 is 8.78 Å². The Balaban J connectivity index is 1.41. The molecule has 2 aromatic carbocycles. The fraction of sp³-hybridized carbons (Fsp3) is 0.385.